The number of nitrogens with two attached hydrogens (primary N) is 1. The normalized spacial score (nSPS) is 14.5. The molecule has 6 heteroatoms. The molecular formula is C10H10N2O4. The minimum Gasteiger partial charge on any atom is -0.483 e. The lowest BCUT2D eigenvalue weighted by atomic mass is 10.1. The molecule has 0 heterocycles. The van der Waals surface area contributed by atoms with Crippen LogP contribution in [0.2, 0.25) is 0 Å². The molecule has 1 fully saturated rings. The van der Waals surface area contributed by atoms with Gasteiger partial charge in [-0.05, 0) is 18.9 Å². The van der Waals surface area contributed by atoms with Crippen molar-refractivity contribution in [1.82, 2.24) is 0 Å². The fraction of sp³-hybridized carbons (Fsp3) is 0.300. The first-order valence-corrected chi connectivity index (χ1v) is 4.83. The average Bonchev–Trinajstić information content (AvgIpc) is 3.01. The van der Waals surface area contributed by atoms with Gasteiger partial charge in [0.1, 0.15) is 0 Å². The summed E-state index contributed by atoms with van der Waals surface area (Å²) in [6.07, 6.45) is 1.67. The standard InChI is InChI=1S/C10H10N2O4/c11-10(13)7-2-1-3-8(12(14)15)9(7)16-6-4-5-6/h1-3,6H,4-5H2,(H2,11,13). The largest absolute Gasteiger partial charge is 0.483 e. The maximum Gasteiger partial charge on any atom is 0.311 e. The molecule has 0 saturated heterocycles. The van der Waals surface area contributed by atoms with E-state index < -0.39 is 10.8 Å². The molecule has 0 spiro atoms. The smallest absolute Gasteiger partial charge is 0.311 e. The number of benzene rings is 1. The third kappa shape index (κ3) is 1.95. The fourth-order valence-corrected chi connectivity index (χ4v) is 1.34. The predicted molar refractivity (Wildman–Crippen MR) is 55.3 cm³/mol. The maximum atomic E-state index is 11.1. The van der Waals surface area contributed by atoms with Gasteiger partial charge >= 0.3 is 5.69 Å². The minimum absolute atomic E-state index is 0.0116. The first-order valence-electron chi connectivity index (χ1n) is 4.83. The van der Waals surface area contributed by atoms with Crippen molar-refractivity contribution in [1.29, 1.82) is 0 Å². The molecule has 6 nitrogen and oxygen atoms in total. The second kappa shape index (κ2) is 3.80. The number of primary amides is 1. The molecule has 1 aromatic rings. The number of nitrogens with zero attached hydrogens (tertiary/aromatic N) is 1. The van der Waals surface area contributed by atoms with Crippen LogP contribution in [0.15, 0.2) is 18.2 Å². The number of para-hydroxylation sites is 1. The van der Waals surface area contributed by atoms with E-state index in [9.17, 15) is 14.9 Å². The molecule has 1 aliphatic carbocycles. The summed E-state index contributed by atoms with van der Waals surface area (Å²) >= 11 is 0. The number of hydrogen-bond acceptors (Lipinski definition) is 4. The molecule has 0 unspecified atom stereocenters. The van der Waals surface area contributed by atoms with E-state index in [4.69, 9.17) is 10.5 Å². The Kier molecular flexibility index (Phi) is 2.47. The van der Waals surface area contributed by atoms with Gasteiger partial charge < -0.3 is 10.5 Å². The Morgan fingerprint density at radius 2 is 2.19 bits per heavy atom. The Hall–Kier alpha value is -2.11. The van der Waals surface area contributed by atoms with Crippen molar-refractivity contribution < 1.29 is 14.5 Å². The summed E-state index contributed by atoms with van der Waals surface area (Å²) in [7, 11) is 0. The molecule has 0 radical (unpaired) electrons. The first kappa shape index (κ1) is 10.4. The molecule has 1 aromatic carbocycles. The monoisotopic (exact) mass is 222 g/mol. The number of carbonyl (C=O) groups excluding carboxylic acids is 1. The summed E-state index contributed by atoms with van der Waals surface area (Å²) < 4.78 is 5.37. The summed E-state index contributed by atoms with van der Waals surface area (Å²) in [6, 6.07) is 4.13. The van der Waals surface area contributed by atoms with Gasteiger partial charge in [0, 0.05) is 6.07 Å². The van der Waals surface area contributed by atoms with Crippen LogP contribution in [-0.2, 0) is 0 Å². The molecular weight excluding hydrogens is 212 g/mol. The van der Waals surface area contributed by atoms with Crippen LogP contribution in [0.5, 0.6) is 5.75 Å². The van der Waals surface area contributed by atoms with Crippen LogP contribution in [-0.4, -0.2) is 16.9 Å². The van der Waals surface area contributed by atoms with E-state index in [0.29, 0.717) is 0 Å². The highest BCUT2D eigenvalue weighted by molar-refractivity contribution is 5.97. The molecule has 2 N–H and O–H groups in total. The highest BCUT2D eigenvalue weighted by Crippen LogP contribution is 2.35. The maximum absolute atomic E-state index is 11.1. The van der Waals surface area contributed by atoms with Crippen LogP contribution in [0.25, 0.3) is 0 Å². The van der Waals surface area contributed by atoms with E-state index >= 15 is 0 Å². The van der Waals surface area contributed by atoms with Gasteiger partial charge in [-0.2, -0.15) is 0 Å². The van der Waals surface area contributed by atoms with Gasteiger partial charge in [-0.3, -0.25) is 14.9 Å². The summed E-state index contributed by atoms with van der Waals surface area (Å²) in [5.41, 5.74) is 4.98. The number of ether oxygens (including phenoxy) is 1. The second-order valence-corrected chi connectivity index (χ2v) is 3.59. The zero-order valence-electron chi connectivity index (χ0n) is 8.38. The molecule has 1 amide bonds. The number of rotatable bonds is 4. The molecule has 0 aliphatic heterocycles. The SMILES string of the molecule is NC(=O)c1cccc([N+](=O)[O-])c1OC1CC1. The molecule has 1 aliphatic rings. The third-order valence-corrected chi connectivity index (χ3v) is 2.27. The number of carbonyl (C=O) groups is 1. The van der Waals surface area contributed by atoms with E-state index in [-0.39, 0.29) is 23.1 Å². The molecule has 2 rings (SSSR count). The van der Waals surface area contributed by atoms with Crippen molar-refractivity contribution >= 4 is 11.6 Å². The van der Waals surface area contributed by atoms with Gasteiger partial charge in [-0.25, -0.2) is 0 Å². The van der Waals surface area contributed by atoms with E-state index in [1.54, 1.807) is 0 Å². The van der Waals surface area contributed by atoms with Crippen LogP contribution >= 0.6 is 0 Å². The quantitative estimate of drug-likeness (QED) is 0.612. The third-order valence-electron chi connectivity index (χ3n) is 2.27. The minimum atomic E-state index is -0.723. The Labute approximate surface area is 91.2 Å². The van der Waals surface area contributed by atoms with Gasteiger partial charge in [-0.1, -0.05) is 6.07 Å². The Morgan fingerprint density at radius 1 is 1.50 bits per heavy atom. The summed E-state index contributed by atoms with van der Waals surface area (Å²) in [5.74, 6) is -0.734. The van der Waals surface area contributed by atoms with Crippen molar-refractivity contribution in [3.63, 3.8) is 0 Å². The van der Waals surface area contributed by atoms with Crippen molar-refractivity contribution in [3.8, 4) is 5.75 Å². The molecule has 84 valence electrons. The van der Waals surface area contributed by atoms with E-state index in [1.807, 2.05) is 0 Å². The lowest BCUT2D eigenvalue weighted by molar-refractivity contribution is -0.386. The Bertz CT molecular complexity index is 422. The lowest BCUT2D eigenvalue weighted by Crippen LogP contribution is -2.14. The van der Waals surface area contributed by atoms with Crippen LogP contribution in [0.1, 0.15) is 23.2 Å². The number of hydrogen-bond donors (Lipinski definition) is 1. The van der Waals surface area contributed by atoms with Crippen molar-refractivity contribution in [2.24, 2.45) is 5.73 Å². The average molecular weight is 222 g/mol. The number of nitro groups is 1. The van der Waals surface area contributed by atoms with E-state index in [1.165, 1.54) is 18.2 Å². The molecule has 0 bridgehead atoms. The van der Waals surface area contributed by atoms with Crippen LogP contribution in [0, 0.1) is 10.1 Å². The second-order valence-electron chi connectivity index (χ2n) is 3.59. The van der Waals surface area contributed by atoms with Crippen LogP contribution < -0.4 is 10.5 Å². The van der Waals surface area contributed by atoms with E-state index in [0.717, 1.165) is 12.8 Å². The van der Waals surface area contributed by atoms with Crippen molar-refractivity contribution in [3.05, 3.63) is 33.9 Å². The molecule has 1 saturated carbocycles. The number of amides is 1. The number of nitro benzene ring substituents is 1. The Balaban J connectivity index is 2.47. The fourth-order valence-electron chi connectivity index (χ4n) is 1.34. The predicted octanol–water partition coefficient (Wildman–Crippen LogP) is 1.23. The zero-order chi connectivity index (χ0) is 11.7. The van der Waals surface area contributed by atoms with Gasteiger partial charge in [0.15, 0.2) is 0 Å². The Morgan fingerprint density at radius 3 is 2.69 bits per heavy atom. The van der Waals surface area contributed by atoms with Gasteiger partial charge in [0.25, 0.3) is 5.91 Å². The van der Waals surface area contributed by atoms with Crippen molar-refractivity contribution in [2.45, 2.75) is 18.9 Å². The highest BCUT2D eigenvalue weighted by Gasteiger charge is 2.30. The van der Waals surface area contributed by atoms with Crippen LogP contribution in [0.4, 0.5) is 5.69 Å². The molecule has 16 heavy (non-hydrogen) atoms. The summed E-state index contributed by atoms with van der Waals surface area (Å²) in [4.78, 5) is 21.3. The lowest BCUT2D eigenvalue weighted by Gasteiger charge is -2.08. The summed E-state index contributed by atoms with van der Waals surface area (Å²) in [6.45, 7) is 0. The van der Waals surface area contributed by atoms with E-state index in [2.05, 4.69) is 0 Å². The first-order chi connectivity index (χ1) is 7.59. The molecule has 0 aromatic heterocycles. The van der Waals surface area contributed by atoms with Gasteiger partial charge in [0.05, 0.1) is 16.6 Å². The highest BCUT2D eigenvalue weighted by atomic mass is 16.6. The summed E-state index contributed by atoms with van der Waals surface area (Å²) in [5, 5.41) is 10.8. The molecule has 0 atom stereocenters. The topological polar surface area (TPSA) is 95.5 Å². The van der Waals surface area contributed by atoms with Crippen molar-refractivity contribution in [2.75, 3.05) is 0 Å². The zero-order valence-corrected chi connectivity index (χ0v) is 8.38. The van der Waals surface area contributed by atoms with Gasteiger partial charge in [-0.15, -0.1) is 0 Å². The van der Waals surface area contributed by atoms with Gasteiger partial charge in [0.2, 0.25) is 5.75 Å². The van der Waals surface area contributed by atoms with Crippen LogP contribution in [0.3, 0.4) is 0 Å².